The van der Waals surface area contributed by atoms with E-state index in [0.717, 1.165) is 0 Å². The van der Waals surface area contributed by atoms with Gasteiger partial charge < -0.3 is 19.7 Å². The first-order valence-corrected chi connectivity index (χ1v) is 3.87. The number of likely N-dealkylation sites (N-methyl/N-ethyl adjacent to an activating group) is 1. The van der Waals surface area contributed by atoms with Crippen molar-refractivity contribution in [2.45, 2.75) is 6.10 Å². The molecule has 0 aromatic heterocycles. The molecule has 0 aromatic rings. The van der Waals surface area contributed by atoms with Gasteiger partial charge in [0.15, 0.2) is 0 Å². The van der Waals surface area contributed by atoms with Gasteiger partial charge in [0.2, 0.25) is 0 Å². The molecule has 1 aliphatic rings. The van der Waals surface area contributed by atoms with Crippen molar-refractivity contribution in [1.82, 2.24) is 10.2 Å². The predicted octanol–water partition coefficient (Wildman–Crippen LogP) is -0.207. The summed E-state index contributed by atoms with van der Waals surface area (Å²) in [6, 6.07) is 0. The SMILES string of the molecule is COC(=O)NC[C@H]1CN(C)C(=O)O1. The summed E-state index contributed by atoms with van der Waals surface area (Å²) >= 11 is 0. The van der Waals surface area contributed by atoms with Gasteiger partial charge in [-0.15, -0.1) is 0 Å². The van der Waals surface area contributed by atoms with Crippen molar-refractivity contribution >= 4 is 12.2 Å². The standard InChI is InChI=1S/C7H12N2O4/c1-9-4-5(13-7(9)11)3-8-6(10)12-2/h5H,3-4H2,1-2H3,(H,8,10)/t5-/m0/s1. The number of rotatable bonds is 2. The highest BCUT2D eigenvalue weighted by Crippen LogP contribution is 2.07. The Kier molecular flexibility index (Phi) is 2.94. The number of carbonyl (C=O) groups is 2. The van der Waals surface area contributed by atoms with Gasteiger partial charge in [-0.25, -0.2) is 9.59 Å². The maximum atomic E-state index is 10.9. The van der Waals surface area contributed by atoms with Crippen LogP contribution in [-0.2, 0) is 9.47 Å². The van der Waals surface area contributed by atoms with Crippen LogP contribution >= 0.6 is 0 Å². The normalized spacial score (nSPS) is 21.2. The quantitative estimate of drug-likeness (QED) is 0.651. The summed E-state index contributed by atoms with van der Waals surface area (Å²) in [5.41, 5.74) is 0. The molecule has 0 aliphatic carbocycles. The van der Waals surface area contributed by atoms with E-state index in [1.165, 1.54) is 12.0 Å². The molecule has 13 heavy (non-hydrogen) atoms. The third-order valence-corrected chi connectivity index (χ3v) is 1.72. The second-order valence-corrected chi connectivity index (χ2v) is 2.76. The van der Waals surface area contributed by atoms with Gasteiger partial charge in [-0.2, -0.15) is 0 Å². The average Bonchev–Trinajstić information content (AvgIpc) is 2.42. The zero-order chi connectivity index (χ0) is 9.84. The molecule has 74 valence electrons. The minimum atomic E-state index is -0.523. The lowest BCUT2D eigenvalue weighted by Crippen LogP contribution is -2.33. The molecule has 1 rings (SSSR count). The number of hydrogen-bond donors (Lipinski definition) is 1. The molecular weight excluding hydrogens is 176 g/mol. The molecule has 6 heteroatoms. The Balaban J connectivity index is 2.24. The van der Waals surface area contributed by atoms with Crippen molar-refractivity contribution in [2.24, 2.45) is 0 Å². The van der Waals surface area contributed by atoms with Crippen LogP contribution in [0.2, 0.25) is 0 Å². The molecular formula is C7H12N2O4. The van der Waals surface area contributed by atoms with Crippen molar-refractivity contribution in [2.75, 3.05) is 27.2 Å². The number of amides is 2. The highest BCUT2D eigenvalue weighted by molar-refractivity contribution is 5.70. The molecule has 0 aromatic carbocycles. The fourth-order valence-electron chi connectivity index (χ4n) is 1.03. The fourth-order valence-corrected chi connectivity index (χ4v) is 1.03. The van der Waals surface area contributed by atoms with E-state index in [2.05, 4.69) is 10.1 Å². The van der Waals surface area contributed by atoms with Crippen LogP contribution in [-0.4, -0.2) is 50.4 Å². The van der Waals surface area contributed by atoms with Crippen molar-refractivity contribution < 1.29 is 19.1 Å². The molecule has 0 spiro atoms. The first kappa shape index (κ1) is 9.63. The van der Waals surface area contributed by atoms with E-state index in [-0.39, 0.29) is 18.7 Å². The van der Waals surface area contributed by atoms with Crippen LogP contribution < -0.4 is 5.32 Å². The van der Waals surface area contributed by atoms with Crippen LogP contribution in [0.3, 0.4) is 0 Å². The minimum absolute atomic E-state index is 0.281. The minimum Gasteiger partial charge on any atom is -0.453 e. The molecule has 1 atom stereocenters. The van der Waals surface area contributed by atoms with Crippen molar-refractivity contribution in [1.29, 1.82) is 0 Å². The molecule has 0 radical (unpaired) electrons. The van der Waals surface area contributed by atoms with E-state index in [4.69, 9.17) is 4.74 Å². The van der Waals surface area contributed by atoms with Crippen LogP contribution in [0.15, 0.2) is 0 Å². The average molecular weight is 188 g/mol. The number of hydrogen-bond acceptors (Lipinski definition) is 4. The first-order valence-electron chi connectivity index (χ1n) is 3.87. The van der Waals surface area contributed by atoms with Crippen LogP contribution in [0.4, 0.5) is 9.59 Å². The van der Waals surface area contributed by atoms with Crippen molar-refractivity contribution in [3.05, 3.63) is 0 Å². The van der Waals surface area contributed by atoms with E-state index in [9.17, 15) is 9.59 Å². The summed E-state index contributed by atoms with van der Waals surface area (Å²) in [5.74, 6) is 0. The summed E-state index contributed by atoms with van der Waals surface area (Å²) in [4.78, 5) is 23.0. The Hall–Kier alpha value is -1.46. The molecule has 1 fully saturated rings. The Labute approximate surface area is 75.8 Å². The summed E-state index contributed by atoms with van der Waals surface area (Å²) in [5, 5.41) is 2.45. The van der Waals surface area contributed by atoms with Crippen LogP contribution in [0.1, 0.15) is 0 Å². The Morgan fingerprint density at radius 3 is 3.00 bits per heavy atom. The Morgan fingerprint density at radius 1 is 1.85 bits per heavy atom. The van der Waals surface area contributed by atoms with Gasteiger partial charge in [-0.1, -0.05) is 0 Å². The zero-order valence-corrected chi connectivity index (χ0v) is 7.57. The van der Waals surface area contributed by atoms with Gasteiger partial charge in [-0.3, -0.25) is 0 Å². The zero-order valence-electron chi connectivity index (χ0n) is 7.57. The van der Waals surface area contributed by atoms with E-state index in [1.807, 2.05) is 0 Å². The Morgan fingerprint density at radius 2 is 2.54 bits per heavy atom. The van der Waals surface area contributed by atoms with Crippen molar-refractivity contribution in [3.63, 3.8) is 0 Å². The smallest absolute Gasteiger partial charge is 0.410 e. The summed E-state index contributed by atoms with van der Waals surface area (Å²) in [7, 11) is 2.92. The summed E-state index contributed by atoms with van der Waals surface area (Å²) < 4.78 is 9.24. The lowest BCUT2D eigenvalue weighted by Gasteiger charge is -2.08. The Bertz CT molecular complexity index is 219. The van der Waals surface area contributed by atoms with Gasteiger partial charge in [0, 0.05) is 7.05 Å². The monoisotopic (exact) mass is 188 g/mol. The van der Waals surface area contributed by atoms with Gasteiger partial charge >= 0.3 is 12.2 Å². The number of carbonyl (C=O) groups excluding carboxylic acids is 2. The third kappa shape index (κ3) is 2.50. The maximum absolute atomic E-state index is 10.9. The highest BCUT2D eigenvalue weighted by atomic mass is 16.6. The summed E-state index contributed by atoms with van der Waals surface area (Å²) in [6.45, 7) is 0.769. The number of nitrogens with zero attached hydrogens (tertiary/aromatic N) is 1. The fraction of sp³-hybridized carbons (Fsp3) is 0.714. The van der Waals surface area contributed by atoms with E-state index >= 15 is 0 Å². The number of methoxy groups -OCH3 is 1. The number of ether oxygens (including phenoxy) is 2. The molecule has 1 heterocycles. The number of alkyl carbamates (subject to hydrolysis) is 1. The van der Waals surface area contributed by atoms with E-state index in [0.29, 0.717) is 6.54 Å². The van der Waals surface area contributed by atoms with E-state index in [1.54, 1.807) is 7.05 Å². The van der Waals surface area contributed by atoms with E-state index < -0.39 is 6.09 Å². The first-order chi connectivity index (χ1) is 6.13. The molecule has 2 amide bonds. The van der Waals surface area contributed by atoms with Crippen LogP contribution in [0, 0.1) is 0 Å². The van der Waals surface area contributed by atoms with Crippen molar-refractivity contribution in [3.8, 4) is 0 Å². The van der Waals surface area contributed by atoms with Gasteiger partial charge in [0.05, 0.1) is 20.2 Å². The topological polar surface area (TPSA) is 67.9 Å². The maximum Gasteiger partial charge on any atom is 0.410 e. The molecule has 1 saturated heterocycles. The van der Waals surface area contributed by atoms with Crippen LogP contribution in [0.25, 0.3) is 0 Å². The lowest BCUT2D eigenvalue weighted by molar-refractivity contribution is 0.128. The van der Waals surface area contributed by atoms with Gasteiger partial charge in [-0.05, 0) is 0 Å². The molecule has 6 nitrogen and oxygen atoms in total. The third-order valence-electron chi connectivity index (χ3n) is 1.72. The molecule has 0 unspecified atom stereocenters. The lowest BCUT2D eigenvalue weighted by atomic mass is 10.3. The van der Waals surface area contributed by atoms with Gasteiger partial charge in [0.1, 0.15) is 6.10 Å². The molecule has 0 saturated carbocycles. The van der Waals surface area contributed by atoms with Gasteiger partial charge in [0.25, 0.3) is 0 Å². The van der Waals surface area contributed by atoms with Crippen LogP contribution in [0.5, 0.6) is 0 Å². The largest absolute Gasteiger partial charge is 0.453 e. The molecule has 1 N–H and O–H groups in total. The molecule has 0 bridgehead atoms. The summed E-state index contributed by atoms with van der Waals surface area (Å²) in [6.07, 6.45) is -1.17. The second kappa shape index (κ2) is 3.97. The predicted molar refractivity (Wildman–Crippen MR) is 43.3 cm³/mol. The number of cyclic esters (lactones) is 1. The second-order valence-electron chi connectivity index (χ2n) is 2.76. The molecule has 1 aliphatic heterocycles. The highest BCUT2D eigenvalue weighted by Gasteiger charge is 2.28. The number of nitrogens with one attached hydrogen (secondary N) is 1.